The Morgan fingerprint density at radius 3 is 2.05 bits per heavy atom. The fraction of sp³-hybridized carbons (Fsp3) is 0.400. The quantitative estimate of drug-likeness (QED) is 0.681. The van der Waals surface area contributed by atoms with Crippen LogP contribution in [0.4, 0.5) is 0 Å². The number of halogens is 1. The Hall–Kier alpha value is -1.32. The molecule has 19 heavy (non-hydrogen) atoms. The van der Waals surface area contributed by atoms with Crippen molar-refractivity contribution in [3.05, 3.63) is 42.0 Å². The van der Waals surface area contributed by atoms with E-state index in [4.69, 9.17) is 5.11 Å². The van der Waals surface area contributed by atoms with Gasteiger partial charge >= 0.3 is 5.97 Å². The van der Waals surface area contributed by atoms with Crippen LogP contribution in [0.5, 0.6) is 0 Å². The number of quaternary nitrogens is 1. The average molecular weight is 287 g/mol. The van der Waals surface area contributed by atoms with Crippen molar-refractivity contribution in [2.45, 2.75) is 13.3 Å². The highest BCUT2D eigenvalue weighted by atomic mass is 35.5. The van der Waals surface area contributed by atoms with Gasteiger partial charge < -0.3 is 9.59 Å². The molecule has 0 unspecified atom stereocenters. The number of hydrogen-bond donors (Lipinski definition) is 1. The van der Waals surface area contributed by atoms with Crippen molar-refractivity contribution in [1.82, 2.24) is 0 Å². The van der Waals surface area contributed by atoms with Crippen molar-refractivity contribution in [1.29, 1.82) is 0 Å². The van der Waals surface area contributed by atoms with E-state index in [-0.39, 0.29) is 12.4 Å². The lowest BCUT2D eigenvalue weighted by atomic mass is 10.2. The van der Waals surface area contributed by atoms with Crippen molar-refractivity contribution in [2.24, 2.45) is 0 Å². The molecule has 0 amide bonds. The molecular formula is C15H25ClNO2+. The van der Waals surface area contributed by atoms with Gasteiger partial charge in [-0.3, -0.25) is 0 Å². The van der Waals surface area contributed by atoms with Gasteiger partial charge in [-0.2, -0.15) is 0 Å². The molecule has 0 fully saturated rings. The molecule has 0 atom stereocenters. The molecule has 0 aromatic heterocycles. The first-order valence-electron chi connectivity index (χ1n) is 6.11. The van der Waals surface area contributed by atoms with Gasteiger partial charge in [0.1, 0.15) is 0 Å². The van der Waals surface area contributed by atoms with Gasteiger partial charge in [-0.05, 0) is 18.1 Å². The summed E-state index contributed by atoms with van der Waals surface area (Å²) < 4.78 is 1.09. The normalized spacial score (nSPS) is 10.3. The minimum Gasteiger partial charge on any atom is -0.478 e. The van der Waals surface area contributed by atoms with Crippen LogP contribution in [0.25, 0.3) is 6.08 Å². The third-order valence-electron chi connectivity index (χ3n) is 2.11. The SMILES string of the molecule is CCC[N+](C)(C)C.Cl.O=C(O)C=Cc1ccccc1. The van der Waals surface area contributed by atoms with Gasteiger partial charge in [-0.1, -0.05) is 37.3 Å². The second-order valence-corrected chi connectivity index (χ2v) is 5.10. The minimum absolute atomic E-state index is 0. The van der Waals surface area contributed by atoms with Crippen LogP contribution in [-0.2, 0) is 4.79 Å². The summed E-state index contributed by atoms with van der Waals surface area (Å²) in [6.07, 6.45) is 3.96. The van der Waals surface area contributed by atoms with Crippen LogP contribution in [0.2, 0.25) is 0 Å². The van der Waals surface area contributed by atoms with Crippen LogP contribution in [-0.4, -0.2) is 43.2 Å². The first kappa shape index (κ1) is 20.0. The van der Waals surface area contributed by atoms with Crippen LogP contribution in [0, 0.1) is 0 Å². The lowest BCUT2D eigenvalue weighted by Gasteiger charge is -2.22. The van der Waals surface area contributed by atoms with E-state index in [1.54, 1.807) is 6.08 Å². The Morgan fingerprint density at radius 1 is 1.21 bits per heavy atom. The maximum atomic E-state index is 10.1. The van der Waals surface area contributed by atoms with Crippen molar-refractivity contribution >= 4 is 24.5 Å². The van der Waals surface area contributed by atoms with Crippen LogP contribution >= 0.6 is 12.4 Å². The molecule has 0 radical (unpaired) electrons. The average Bonchev–Trinajstić information content (AvgIpc) is 2.27. The summed E-state index contributed by atoms with van der Waals surface area (Å²) in [5.74, 6) is -0.922. The van der Waals surface area contributed by atoms with Crippen LogP contribution in [0.15, 0.2) is 36.4 Å². The Bertz CT molecular complexity index is 369. The molecular weight excluding hydrogens is 262 g/mol. The molecule has 1 aromatic rings. The van der Waals surface area contributed by atoms with E-state index in [1.807, 2.05) is 30.3 Å². The highest BCUT2D eigenvalue weighted by Crippen LogP contribution is 1.99. The summed E-state index contributed by atoms with van der Waals surface area (Å²) in [5, 5.41) is 8.29. The number of benzene rings is 1. The lowest BCUT2D eigenvalue weighted by molar-refractivity contribution is -0.870. The minimum atomic E-state index is -0.922. The number of carboxylic acids is 1. The van der Waals surface area contributed by atoms with Crippen LogP contribution in [0.3, 0.4) is 0 Å². The fourth-order valence-corrected chi connectivity index (χ4v) is 1.40. The van der Waals surface area contributed by atoms with E-state index >= 15 is 0 Å². The number of carboxylic acid groups (broad SMARTS) is 1. The molecule has 1 aromatic carbocycles. The van der Waals surface area contributed by atoms with E-state index in [1.165, 1.54) is 13.0 Å². The van der Waals surface area contributed by atoms with Gasteiger partial charge in [0, 0.05) is 6.08 Å². The zero-order valence-electron chi connectivity index (χ0n) is 12.2. The Balaban J connectivity index is 0. The highest BCUT2D eigenvalue weighted by Gasteiger charge is 2.01. The molecule has 0 aliphatic carbocycles. The number of rotatable bonds is 4. The largest absolute Gasteiger partial charge is 0.478 e. The molecule has 0 saturated carbocycles. The first-order chi connectivity index (χ1) is 8.35. The molecule has 4 heteroatoms. The molecule has 1 N–H and O–H groups in total. The van der Waals surface area contributed by atoms with Gasteiger partial charge in [0.05, 0.1) is 27.7 Å². The molecule has 0 heterocycles. The van der Waals surface area contributed by atoms with E-state index in [2.05, 4.69) is 28.1 Å². The number of hydrogen-bond acceptors (Lipinski definition) is 1. The van der Waals surface area contributed by atoms with E-state index in [0.717, 1.165) is 16.1 Å². The van der Waals surface area contributed by atoms with Crippen LogP contribution in [0.1, 0.15) is 18.9 Å². The van der Waals surface area contributed by atoms with Gasteiger partial charge in [-0.25, -0.2) is 4.79 Å². The summed E-state index contributed by atoms with van der Waals surface area (Å²) in [7, 11) is 6.64. The predicted molar refractivity (Wildman–Crippen MR) is 83.6 cm³/mol. The number of aliphatic carboxylic acids is 1. The summed E-state index contributed by atoms with van der Waals surface area (Å²) in [6, 6.07) is 9.31. The molecule has 0 spiro atoms. The second-order valence-electron chi connectivity index (χ2n) is 5.10. The maximum absolute atomic E-state index is 10.1. The highest BCUT2D eigenvalue weighted by molar-refractivity contribution is 5.85. The van der Waals surface area contributed by atoms with E-state index < -0.39 is 5.97 Å². The zero-order valence-corrected chi connectivity index (χ0v) is 13.0. The molecule has 0 bridgehead atoms. The van der Waals surface area contributed by atoms with E-state index in [0.29, 0.717) is 0 Å². The van der Waals surface area contributed by atoms with Gasteiger partial charge in [0.15, 0.2) is 0 Å². The third kappa shape index (κ3) is 14.6. The molecule has 108 valence electrons. The maximum Gasteiger partial charge on any atom is 0.328 e. The van der Waals surface area contributed by atoms with Crippen molar-refractivity contribution in [3.8, 4) is 0 Å². The topological polar surface area (TPSA) is 37.3 Å². The molecule has 1 rings (SSSR count). The molecule has 0 aliphatic heterocycles. The zero-order chi connectivity index (χ0) is 14.0. The Kier molecular flexibility index (Phi) is 11.1. The van der Waals surface area contributed by atoms with E-state index in [9.17, 15) is 4.79 Å². The fourth-order valence-electron chi connectivity index (χ4n) is 1.40. The number of nitrogens with zero attached hydrogens (tertiary/aromatic N) is 1. The second kappa shape index (κ2) is 10.6. The molecule has 0 saturated heterocycles. The summed E-state index contributed by atoms with van der Waals surface area (Å²) in [6.45, 7) is 3.49. The van der Waals surface area contributed by atoms with Crippen molar-refractivity contribution in [2.75, 3.05) is 27.7 Å². The van der Waals surface area contributed by atoms with Gasteiger partial charge in [-0.15, -0.1) is 12.4 Å². The lowest BCUT2D eigenvalue weighted by Crippen LogP contribution is -2.34. The Morgan fingerprint density at radius 2 is 1.74 bits per heavy atom. The van der Waals surface area contributed by atoms with Gasteiger partial charge in [0.2, 0.25) is 0 Å². The molecule has 3 nitrogen and oxygen atoms in total. The van der Waals surface area contributed by atoms with Crippen LogP contribution < -0.4 is 0 Å². The smallest absolute Gasteiger partial charge is 0.328 e. The predicted octanol–water partition coefficient (Wildman–Crippen LogP) is 3.31. The summed E-state index contributed by atoms with van der Waals surface area (Å²) in [5.41, 5.74) is 0.898. The van der Waals surface area contributed by atoms with Crippen molar-refractivity contribution < 1.29 is 14.4 Å². The monoisotopic (exact) mass is 286 g/mol. The number of carbonyl (C=O) groups is 1. The summed E-state index contributed by atoms with van der Waals surface area (Å²) >= 11 is 0. The van der Waals surface area contributed by atoms with Crippen molar-refractivity contribution in [3.63, 3.8) is 0 Å². The standard InChI is InChI=1S/C9H8O2.C6H16N.ClH/c10-9(11)7-6-8-4-2-1-3-5-8;1-5-6-7(2,3)4;/h1-7H,(H,10,11);5-6H2,1-4H3;1H/q;+1;. The van der Waals surface area contributed by atoms with Gasteiger partial charge in [0.25, 0.3) is 0 Å². The first-order valence-corrected chi connectivity index (χ1v) is 6.11. The molecule has 0 aliphatic rings. The summed E-state index contributed by atoms with van der Waals surface area (Å²) in [4.78, 5) is 10.1. The third-order valence-corrected chi connectivity index (χ3v) is 2.11. The Labute approximate surface area is 122 Å².